The molecule has 0 amide bonds. The van der Waals surface area contributed by atoms with Gasteiger partial charge in [0.05, 0.1) is 7.11 Å². The second-order valence-electron chi connectivity index (χ2n) is 9.62. The highest BCUT2D eigenvalue weighted by molar-refractivity contribution is 7.92. The molecule has 0 radical (unpaired) electrons. The Morgan fingerprint density at radius 3 is 2.61 bits per heavy atom. The first-order valence-corrected chi connectivity index (χ1v) is 12.9. The topological polar surface area (TPSA) is 84.7 Å². The largest absolute Gasteiger partial charge is 0.495 e. The van der Waals surface area contributed by atoms with E-state index in [1.54, 1.807) is 18.2 Å². The van der Waals surface area contributed by atoms with E-state index in [0.29, 0.717) is 17.8 Å². The fourth-order valence-corrected chi connectivity index (χ4v) is 6.89. The van der Waals surface area contributed by atoms with Crippen molar-refractivity contribution in [1.29, 1.82) is 0 Å². The third-order valence-corrected chi connectivity index (χ3v) is 8.87. The van der Waals surface area contributed by atoms with Gasteiger partial charge in [0.25, 0.3) is 10.0 Å². The van der Waals surface area contributed by atoms with Crippen molar-refractivity contribution in [2.45, 2.75) is 61.9 Å². The average Bonchev–Trinajstić information content (AvgIpc) is 3.46. The van der Waals surface area contributed by atoms with Crippen LogP contribution in [-0.2, 0) is 21.9 Å². The van der Waals surface area contributed by atoms with Crippen molar-refractivity contribution in [3.63, 3.8) is 0 Å². The maximum atomic E-state index is 13.2. The van der Waals surface area contributed by atoms with Gasteiger partial charge in [0.2, 0.25) is 0 Å². The first-order chi connectivity index (χ1) is 15.8. The number of sulfonamides is 1. The smallest absolute Gasteiger partial charge is 0.266 e. The summed E-state index contributed by atoms with van der Waals surface area (Å²) in [6, 6.07) is 14.2. The van der Waals surface area contributed by atoms with E-state index < -0.39 is 10.0 Å². The van der Waals surface area contributed by atoms with Gasteiger partial charge in [-0.2, -0.15) is 0 Å². The van der Waals surface area contributed by atoms with Crippen molar-refractivity contribution in [2.24, 2.45) is 0 Å². The molecule has 1 saturated carbocycles. The van der Waals surface area contributed by atoms with Crippen LogP contribution in [0, 0.1) is 0 Å². The van der Waals surface area contributed by atoms with E-state index in [9.17, 15) is 8.42 Å². The summed E-state index contributed by atoms with van der Waals surface area (Å²) in [6.07, 6.45) is 4.07. The zero-order valence-electron chi connectivity index (χ0n) is 19.0. The van der Waals surface area contributed by atoms with Gasteiger partial charge in [-0.3, -0.25) is 4.72 Å². The van der Waals surface area contributed by atoms with E-state index in [0.717, 1.165) is 30.4 Å². The molecule has 2 heterocycles. The van der Waals surface area contributed by atoms with Crippen LogP contribution in [-0.4, -0.2) is 32.8 Å². The average molecular weight is 466 g/mol. The van der Waals surface area contributed by atoms with Gasteiger partial charge in [-0.25, -0.2) is 8.42 Å². The Labute approximate surface area is 193 Å². The molecule has 1 aromatic heterocycles. The third-order valence-electron chi connectivity index (χ3n) is 7.50. The number of para-hydroxylation sites is 1. The minimum absolute atomic E-state index is 0.0449. The van der Waals surface area contributed by atoms with Crippen LogP contribution in [0.4, 0.5) is 11.5 Å². The van der Waals surface area contributed by atoms with E-state index in [2.05, 4.69) is 46.8 Å². The van der Waals surface area contributed by atoms with Gasteiger partial charge in [0.1, 0.15) is 10.6 Å². The molecule has 7 nitrogen and oxygen atoms in total. The minimum atomic E-state index is -3.89. The summed E-state index contributed by atoms with van der Waals surface area (Å²) in [6.45, 7) is 4.49. The number of hydrogen-bond donors (Lipinski definition) is 1. The molecular weight excluding hydrogens is 438 g/mol. The number of rotatable bonds is 5. The molecule has 6 rings (SSSR count). The predicted octanol–water partition coefficient (Wildman–Crippen LogP) is 4.73. The molecule has 2 fully saturated rings. The second kappa shape index (κ2) is 7.00. The van der Waals surface area contributed by atoms with Crippen molar-refractivity contribution in [2.75, 3.05) is 16.7 Å². The van der Waals surface area contributed by atoms with Gasteiger partial charge in [-0.05, 0) is 69.4 Å². The summed E-state index contributed by atoms with van der Waals surface area (Å²) in [7, 11) is -2.43. The van der Waals surface area contributed by atoms with Gasteiger partial charge >= 0.3 is 0 Å². The highest BCUT2D eigenvalue weighted by Crippen LogP contribution is 2.59. The zero-order valence-corrected chi connectivity index (χ0v) is 19.8. The van der Waals surface area contributed by atoms with Gasteiger partial charge in [-0.1, -0.05) is 23.4 Å². The number of anilines is 2. The van der Waals surface area contributed by atoms with Crippen LogP contribution in [0.5, 0.6) is 5.75 Å². The van der Waals surface area contributed by atoms with E-state index >= 15 is 0 Å². The number of nitrogens with one attached hydrogen (secondary N) is 1. The van der Waals surface area contributed by atoms with Gasteiger partial charge < -0.3 is 14.2 Å². The Kier molecular flexibility index (Phi) is 4.37. The van der Waals surface area contributed by atoms with Crippen LogP contribution in [0.2, 0.25) is 0 Å². The normalized spacial score (nSPS) is 22.3. The van der Waals surface area contributed by atoms with Crippen LogP contribution in [0.25, 0.3) is 11.3 Å². The van der Waals surface area contributed by atoms with Crippen molar-refractivity contribution < 1.29 is 17.7 Å². The zero-order chi connectivity index (χ0) is 23.0. The molecule has 33 heavy (non-hydrogen) atoms. The van der Waals surface area contributed by atoms with E-state index in [-0.39, 0.29) is 21.9 Å². The van der Waals surface area contributed by atoms with E-state index in [1.807, 2.05) is 0 Å². The molecule has 0 unspecified atom stereocenters. The predicted molar refractivity (Wildman–Crippen MR) is 126 cm³/mol. The third kappa shape index (κ3) is 3.07. The molecule has 8 heteroatoms. The number of benzene rings is 2. The highest BCUT2D eigenvalue weighted by atomic mass is 32.2. The van der Waals surface area contributed by atoms with Crippen LogP contribution < -0.4 is 14.4 Å². The number of fused-ring (bicyclic) bond motifs is 4. The SMILES string of the molecule is COc1ccccc1S(=O)(=O)Nc1noc2c1CC1(CC1)c1ccc(N3[C@@H](C)C[C@@H]3C)cc1-2. The Morgan fingerprint density at radius 2 is 1.91 bits per heavy atom. The molecule has 1 saturated heterocycles. The maximum Gasteiger partial charge on any atom is 0.266 e. The molecule has 0 bridgehead atoms. The quantitative estimate of drug-likeness (QED) is 0.587. The fourth-order valence-electron chi connectivity index (χ4n) is 5.69. The van der Waals surface area contributed by atoms with Crippen molar-refractivity contribution in [3.05, 3.63) is 53.6 Å². The molecule has 1 aliphatic heterocycles. The lowest BCUT2D eigenvalue weighted by Crippen LogP contribution is -2.53. The molecule has 172 valence electrons. The summed E-state index contributed by atoms with van der Waals surface area (Å²) in [5.74, 6) is 1.22. The minimum Gasteiger partial charge on any atom is -0.495 e. The maximum absolute atomic E-state index is 13.2. The van der Waals surface area contributed by atoms with Gasteiger partial charge in [0, 0.05) is 34.3 Å². The standard InChI is InChI=1S/C25H27N3O4S/c1-15-12-16(2)28(15)17-8-9-20-18(13-17)23-19(14-25(20)10-11-25)24(26-32-23)27-33(29,30)22-7-5-4-6-21(22)31-3/h4-9,13,15-16H,10-12,14H2,1-3H3,(H,26,27)/t15-,16-/m0/s1. The van der Waals surface area contributed by atoms with Gasteiger partial charge in [-0.15, -0.1) is 0 Å². The van der Waals surface area contributed by atoms with Crippen molar-refractivity contribution in [3.8, 4) is 17.1 Å². The lowest BCUT2D eigenvalue weighted by Gasteiger charge is -2.47. The summed E-state index contributed by atoms with van der Waals surface area (Å²) in [4.78, 5) is 2.50. The monoisotopic (exact) mass is 465 g/mol. The van der Waals surface area contributed by atoms with Gasteiger partial charge in [0.15, 0.2) is 11.6 Å². The van der Waals surface area contributed by atoms with Crippen molar-refractivity contribution >= 4 is 21.5 Å². The van der Waals surface area contributed by atoms with E-state index in [4.69, 9.17) is 9.26 Å². The number of hydrogen-bond acceptors (Lipinski definition) is 6. The number of aromatic nitrogens is 1. The van der Waals surface area contributed by atoms with Crippen LogP contribution in [0.15, 0.2) is 51.9 Å². The molecule has 1 spiro atoms. The molecular formula is C25H27N3O4S. The molecule has 2 aliphatic carbocycles. The van der Waals surface area contributed by atoms with Crippen LogP contribution in [0.1, 0.15) is 44.2 Å². The van der Waals surface area contributed by atoms with Crippen LogP contribution >= 0.6 is 0 Å². The summed E-state index contributed by atoms with van der Waals surface area (Å²) < 4.78 is 40.0. The summed E-state index contributed by atoms with van der Waals surface area (Å²) in [5, 5.41) is 4.18. The first kappa shape index (κ1) is 20.6. The molecule has 2 atom stereocenters. The Hall–Kier alpha value is -3.00. The molecule has 3 aromatic rings. The number of nitrogens with zero attached hydrogens (tertiary/aromatic N) is 2. The lowest BCUT2D eigenvalue weighted by atomic mass is 9.79. The Balaban J connectivity index is 1.41. The van der Waals surface area contributed by atoms with E-state index in [1.165, 1.54) is 30.8 Å². The first-order valence-electron chi connectivity index (χ1n) is 11.4. The number of ether oxygens (including phenoxy) is 1. The number of methoxy groups -OCH3 is 1. The second-order valence-corrected chi connectivity index (χ2v) is 11.3. The molecule has 1 N–H and O–H groups in total. The Morgan fingerprint density at radius 1 is 1.15 bits per heavy atom. The summed E-state index contributed by atoms with van der Waals surface area (Å²) in [5.41, 5.74) is 4.38. The molecule has 3 aliphatic rings. The molecule has 2 aromatic carbocycles. The fraction of sp³-hybridized carbons (Fsp3) is 0.400. The highest BCUT2D eigenvalue weighted by Gasteiger charge is 2.51. The summed E-state index contributed by atoms with van der Waals surface area (Å²) >= 11 is 0. The lowest BCUT2D eigenvalue weighted by molar-refractivity contribution is 0.380. The van der Waals surface area contributed by atoms with Crippen LogP contribution in [0.3, 0.4) is 0 Å². The van der Waals surface area contributed by atoms with Crippen molar-refractivity contribution in [1.82, 2.24) is 5.16 Å². The Bertz CT molecular complexity index is 1350.